The van der Waals surface area contributed by atoms with Crippen molar-refractivity contribution in [3.63, 3.8) is 0 Å². The van der Waals surface area contributed by atoms with E-state index in [2.05, 4.69) is 0 Å². The first kappa shape index (κ1) is 16.0. The molecule has 0 N–H and O–H groups in total. The average molecular weight is 291 g/mol. The van der Waals surface area contributed by atoms with Gasteiger partial charge in [-0.2, -0.15) is 0 Å². The SMILES string of the molecule is CN(Cc1ccccc1F)C(=O)CCCC1CCCCC1. The standard InChI is InChI=1S/C18H26FNO/c1-20(14-16-11-5-6-12-17(16)19)18(21)13-7-10-15-8-3-2-4-9-15/h5-6,11-12,15H,2-4,7-10,13-14H2,1H3. The van der Waals surface area contributed by atoms with Gasteiger partial charge in [-0.1, -0.05) is 50.3 Å². The molecule has 0 atom stereocenters. The molecule has 0 radical (unpaired) electrons. The van der Waals surface area contributed by atoms with Gasteiger partial charge in [0.2, 0.25) is 5.91 Å². The topological polar surface area (TPSA) is 20.3 Å². The van der Waals surface area contributed by atoms with Crippen molar-refractivity contribution >= 4 is 5.91 Å². The molecule has 0 bridgehead atoms. The van der Waals surface area contributed by atoms with E-state index in [1.807, 2.05) is 0 Å². The van der Waals surface area contributed by atoms with Gasteiger partial charge in [-0.05, 0) is 24.8 Å². The third-order valence-corrected chi connectivity index (χ3v) is 4.52. The minimum Gasteiger partial charge on any atom is -0.341 e. The molecule has 0 aliphatic heterocycles. The van der Waals surface area contributed by atoms with Crippen molar-refractivity contribution in [2.45, 2.75) is 57.9 Å². The quantitative estimate of drug-likeness (QED) is 0.754. The molecule has 1 aliphatic rings. The number of amides is 1. The highest BCUT2D eigenvalue weighted by molar-refractivity contribution is 5.75. The van der Waals surface area contributed by atoms with E-state index in [1.54, 1.807) is 30.1 Å². The summed E-state index contributed by atoms with van der Waals surface area (Å²) in [7, 11) is 1.76. The summed E-state index contributed by atoms with van der Waals surface area (Å²) in [4.78, 5) is 13.7. The van der Waals surface area contributed by atoms with E-state index in [0.717, 1.165) is 12.3 Å². The number of halogens is 1. The fourth-order valence-corrected chi connectivity index (χ4v) is 3.18. The number of benzene rings is 1. The van der Waals surface area contributed by atoms with Crippen molar-refractivity contribution in [2.24, 2.45) is 5.92 Å². The number of hydrogen-bond acceptors (Lipinski definition) is 1. The Kier molecular flexibility index (Phi) is 6.21. The molecule has 0 unspecified atom stereocenters. The largest absolute Gasteiger partial charge is 0.341 e. The number of hydrogen-bond donors (Lipinski definition) is 0. The zero-order chi connectivity index (χ0) is 15.1. The molecule has 0 saturated heterocycles. The second kappa shape index (κ2) is 8.16. The number of carbonyl (C=O) groups is 1. The number of carbonyl (C=O) groups excluding carboxylic acids is 1. The maximum Gasteiger partial charge on any atom is 0.222 e. The molecule has 2 rings (SSSR count). The molecule has 21 heavy (non-hydrogen) atoms. The van der Waals surface area contributed by atoms with Gasteiger partial charge in [0, 0.05) is 25.6 Å². The molecule has 1 amide bonds. The summed E-state index contributed by atoms with van der Waals surface area (Å²) in [5.41, 5.74) is 0.584. The van der Waals surface area contributed by atoms with E-state index < -0.39 is 0 Å². The first-order chi connectivity index (χ1) is 10.2. The van der Waals surface area contributed by atoms with Crippen LogP contribution >= 0.6 is 0 Å². The summed E-state index contributed by atoms with van der Waals surface area (Å²) in [6.45, 7) is 0.356. The van der Waals surface area contributed by atoms with Crippen LogP contribution in [0.1, 0.15) is 56.9 Å². The van der Waals surface area contributed by atoms with Crippen molar-refractivity contribution in [2.75, 3.05) is 7.05 Å². The molecule has 1 aromatic rings. The summed E-state index contributed by atoms with van der Waals surface area (Å²) in [6, 6.07) is 6.66. The molecule has 1 saturated carbocycles. The first-order valence-electron chi connectivity index (χ1n) is 8.14. The third kappa shape index (κ3) is 5.14. The van der Waals surface area contributed by atoms with Gasteiger partial charge in [0.15, 0.2) is 0 Å². The van der Waals surface area contributed by atoms with E-state index in [4.69, 9.17) is 0 Å². The van der Waals surface area contributed by atoms with E-state index in [1.165, 1.54) is 44.6 Å². The molecule has 0 heterocycles. The smallest absolute Gasteiger partial charge is 0.222 e. The van der Waals surface area contributed by atoms with Gasteiger partial charge < -0.3 is 4.90 Å². The minimum atomic E-state index is -0.237. The molecule has 1 fully saturated rings. The van der Waals surface area contributed by atoms with Gasteiger partial charge in [0.1, 0.15) is 5.82 Å². The van der Waals surface area contributed by atoms with Crippen LogP contribution in [0.4, 0.5) is 4.39 Å². The van der Waals surface area contributed by atoms with Crippen LogP contribution in [0.15, 0.2) is 24.3 Å². The fourth-order valence-electron chi connectivity index (χ4n) is 3.18. The summed E-state index contributed by atoms with van der Waals surface area (Å²) < 4.78 is 13.6. The first-order valence-corrected chi connectivity index (χ1v) is 8.14. The van der Waals surface area contributed by atoms with E-state index in [9.17, 15) is 9.18 Å². The van der Waals surface area contributed by atoms with E-state index in [-0.39, 0.29) is 11.7 Å². The Balaban J connectivity index is 1.71. The zero-order valence-electron chi connectivity index (χ0n) is 13.0. The van der Waals surface area contributed by atoms with E-state index >= 15 is 0 Å². The fraction of sp³-hybridized carbons (Fsp3) is 0.611. The molecule has 1 aromatic carbocycles. The summed E-state index contributed by atoms with van der Waals surface area (Å²) in [5.74, 6) is 0.705. The Morgan fingerprint density at radius 2 is 1.95 bits per heavy atom. The summed E-state index contributed by atoms with van der Waals surface area (Å²) >= 11 is 0. The van der Waals surface area contributed by atoms with Crippen LogP contribution in [0.5, 0.6) is 0 Å². The maximum atomic E-state index is 13.6. The van der Waals surface area contributed by atoms with Crippen LogP contribution in [0.3, 0.4) is 0 Å². The Hall–Kier alpha value is -1.38. The van der Waals surface area contributed by atoms with Crippen LogP contribution in [0.2, 0.25) is 0 Å². The number of nitrogens with zero attached hydrogens (tertiary/aromatic N) is 1. The second-order valence-electron chi connectivity index (χ2n) is 6.24. The van der Waals surface area contributed by atoms with Crippen molar-refractivity contribution in [3.8, 4) is 0 Å². The zero-order valence-corrected chi connectivity index (χ0v) is 13.0. The Labute approximate surface area is 127 Å². The van der Waals surface area contributed by atoms with Crippen molar-refractivity contribution in [1.29, 1.82) is 0 Å². The normalized spacial score (nSPS) is 15.9. The minimum absolute atomic E-state index is 0.120. The molecule has 0 aromatic heterocycles. The Morgan fingerprint density at radius 3 is 2.67 bits per heavy atom. The third-order valence-electron chi connectivity index (χ3n) is 4.52. The van der Waals surface area contributed by atoms with Crippen molar-refractivity contribution < 1.29 is 9.18 Å². The summed E-state index contributed by atoms with van der Waals surface area (Å²) in [5, 5.41) is 0. The van der Waals surface area contributed by atoms with Gasteiger partial charge in [-0.3, -0.25) is 4.79 Å². The number of rotatable bonds is 6. The highest BCUT2D eigenvalue weighted by Gasteiger charge is 2.15. The van der Waals surface area contributed by atoms with Crippen LogP contribution in [-0.2, 0) is 11.3 Å². The van der Waals surface area contributed by atoms with Gasteiger partial charge in [0.25, 0.3) is 0 Å². The molecule has 1 aliphatic carbocycles. The Bertz CT molecular complexity index is 454. The predicted molar refractivity (Wildman–Crippen MR) is 83.3 cm³/mol. The van der Waals surface area contributed by atoms with Crippen LogP contribution in [0, 0.1) is 11.7 Å². The van der Waals surface area contributed by atoms with Crippen LogP contribution in [-0.4, -0.2) is 17.9 Å². The highest BCUT2D eigenvalue weighted by atomic mass is 19.1. The lowest BCUT2D eigenvalue weighted by Gasteiger charge is -2.22. The van der Waals surface area contributed by atoms with Gasteiger partial charge in [-0.25, -0.2) is 4.39 Å². The van der Waals surface area contributed by atoms with Gasteiger partial charge in [-0.15, -0.1) is 0 Å². The molecular weight excluding hydrogens is 265 g/mol. The Morgan fingerprint density at radius 1 is 1.24 bits per heavy atom. The van der Waals surface area contributed by atoms with Crippen LogP contribution < -0.4 is 0 Å². The monoisotopic (exact) mass is 291 g/mol. The average Bonchev–Trinajstić information content (AvgIpc) is 2.50. The predicted octanol–water partition coefficient (Wildman–Crippen LogP) is 4.53. The molecule has 116 valence electrons. The second-order valence-corrected chi connectivity index (χ2v) is 6.24. The van der Waals surface area contributed by atoms with Crippen molar-refractivity contribution in [3.05, 3.63) is 35.6 Å². The van der Waals surface area contributed by atoms with Gasteiger partial charge >= 0.3 is 0 Å². The lowest BCUT2D eigenvalue weighted by molar-refractivity contribution is -0.130. The summed E-state index contributed by atoms with van der Waals surface area (Å²) in [6.07, 6.45) is 9.46. The highest BCUT2D eigenvalue weighted by Crippen LogP contribution is 2.27. The lowest BCUT2D eigenvalue weighted by atomic mass is 9.86. The van der Waals surface area contributed by atoms with E-state index in [0.29, 0.717) is 18.5 Å². The maximum absolute atomic E-state index is 13.6. The van der Waals surface area contributed by atoms with Crippen molar-refractivity contribution in [1.82, 2.24) is 4.90 Å². The molecule has 3 heteroatoms. The molecule has 2 nitrogen and oxygen atoms in total. The molecular formula is C18H26FNO. The van der Waals surface area contributed by atoms with Gasteiger partial charge in [0.05, 0.1) is 0 Å². The lowest BCUT2D eigenvalue weighted by Crippen LogP contribution is -2.26. The van der Waals surface area contributed by atoms with Crippen LogP contribution in [0.25, 0.3) is 0 Å². The molecule has 0 spiro atoms.